The highest BCUT2D eigenvalue weighted by atomic mass is 32.2. The molecular weight excluding hydrogens is 136 g/mol. The van der Waals surface area contributed by atoms with Crippen LogP contribution < -0.4 is 0 Å². The van der Waals surface area contributed by atoms with E-state index in [1.54, 1.807) is 0 Å². The summed E-state index contributed by atoms with van der Waals surface area (Å²) in [5.41, 5.74) is 1.32. The van der Waals surface area contributed by atoms with Crippen molar-refractivity contribution in [3.8, 4) is 0 Å². The zero-order valence-electron chi connectivity index (χ0n) is 5.02. The fraction of sp³-hybridized carbons (Fsp3) is 0.667. The van der Waals surface area contributed by atoms with Gasteiger partial charge in [-0.3, -0.25) is 0 Å². The second-order valence-electron chi connectivity index (χ2n) is 1.92. The average Bonchev–Trinajstić information content (AvgIpc) is 2.12. The molecule has 1 rings (SSSR count). The molecular formula is C6H10S2. The van der Waals surface area contributed by atoms with Gasteiger partial charge in [0, 0.05) is 11.5 Å². The molecule has 2 heteroatoms. The van der Waals surface area contributed by atoms with Gasteiger partial charge < -0.3 is 0 Å². The topological polar surface area (TPSA) is 0 Å². The van der Waals surface area contributed by atoms with Gasteiger partial charge in [0.2, 0.25) is 0 Å². The van der Waals surface area contributed by atoms with Crippen LogP contribution in [0.1, 0.15) is 6.92 Å². The smallest absolute Gasteiger partial charge is 0.0706 e. The minimum absolute atomic E-state index is 0.704. The molecule has 0 aromatic carbocycles. The first-order valence-corrected chi connectivity index (χ1v) is 4.79. The third kappa shape index (κ3) is 1.46. The lowest BCUT2D eigenvalue weighted by Gasteiger charge is -2.03. The van der Waals surface area contributed by atoms with Crippen LogP contribution in [0, 0.1) is 0 Å². The largest absolute Gasteiger partial charge is 0.142 e. The van der Waals surface area contributed by atoms with Crippen molar-refractivity contribution in [2.45, 2.75) is 11.5 Å². The summed E-state index contributed by atoms with van der Waals surface area (Å²) in [6, 6.07) is 0. The molecule has 0 spiro atoms. The Morgan fingerprint density at radius 3 is 2.25 bits per heavy atom. The third-order valence-corrected chi connectivity index (χ3v) is 4.39. The molecule has 1 fully saturated rings. The average molecular weight is 146 g/mol. The lowest BCUT2D eigenvalue weighted by molar-refractivity contribution is 1.39. The summed E-state index contributed by atoms with van der Waals surface area (Å²) < 4.78 is 0.704. The lowest BCUT2D eigenvalue weighted by Crippen LogP contribution is -1.89. The molecule has 0 aromatic heterocycles. The number of thioether (sulfide) groups is 2. The molecule has 0 saturated carbocycles. The van der Waals surface area contributed by atoms with Crippen LogP contribution >= 0.6 is 23.5 Å². The summed E-state index contributed by atoms with van der Waals surface area (Å²) in [6.45, 7) is 6.00. The lowest BCUT2D eigenvalue weighted by atomic mass is 10.4. The van der Waals surface area contributed by atoms with Crippen LogP contribution in [0.3, 0.4) is 0 Å². The fourth-order valence-corrected chi connectivity index (χ4v) is 3.37. The van der Waals surface area contributed by atoms with E-state index in [2.05, 4.69) is 13.5 Å². The Labute approximate surface area is 59.1 Å². The van der Waals surface area contributed by atoms with Gasteiger partial charge in [0.05, 0.1) is 4.58 Å². The normalized spacial score (nSPS) is 21.6. The van der Waals surface area contributed by atoms with Crippen molar-refractivity contribution in [1.82, 2.24) is 0 Å². The molecule has 0 radical (unpaired) electrons. The minimum Gasteiger partial charge on any atom is -0.142 e. The van der Waals surface area contributed by atoms with Crippen LogP contribution in [-0.4, -0.2) is 16.1 Å². The van der Waals surface area contributed by atoms with E-state index in [0.29, 0.717) is 4.58 Å². The predicted molar refractivity (Wildman–Crippen MR) is 43.5 cm³/mol. The second kappa shape index (κ2) is 2.83. The van der Waals surface area contributed by atoms with E-state index < -0.39 is 0 Å². The van der Waals surface area contributed by atoms with Crippen molar-refractivity contribution in [2.75, 3.05) is 11.5 Å². The van der Waals surface area contributed by atoms with Crippen molar-refractivity contribution in [2.24, 2.45) is 0 Å². The molecule has 46 valence electrons. The van der Waals surface area contributed by atoms with Crippen molar-refractivity contribution in [1.29, 1.82) is 0 Å². The van der Waals surface area contributed by atoms with Crippen LogP contribution in [0.5, 0.6) is 0 Å². The monoisotopic (exact) mass is 146 g/mol. The molecule has 0 atom stereocenters. The summed E-state index contributed by atoms with van der Waals surface area (Å²) in [7, 11) is 0. The van der Waals surface area contributed by atoms with Gasteiger partial charge in [0.1, 0.15) is 0 Å². The van der Waals surface area contributed by atoms with E-state index in [-0.39, 0.29) is 0 Å². The summed E-state index contributed by atoms with van der Waals surface area (Å²) in [6.07, 6.45) is 0. The maximum atomic E-state index is 3.90. The van der Waals surface area contributed by atoms with Crippen LogP contribution in [0.4, 0.5) is 0 Å². The first-order valence-electron chi connectivity index (χ1n) is 2.69. The maximum absolute atomic E-state index is 3.90. The second-order valence-corrected chi connectivity index (χ2v) is 4.64. The van der Waals surface area contributed by atoms with Crippen LogP contribution in [0.25, 0.3) is 0 Å². The molecule has 1 saturated heterocycles. The molecule has 0 bridgehead atoms. The first kappa shape index (κ1) is 6.56. The fourth-order valence-electron chi connectivity index (χ4n) is 0.643. The van der Waals surface area contributed by atoms with Gasteiger partial charge in [-0.15, -0.1) is 23.5 Å². The summed E-state index contributed by atoms with van der Waals surface area (Å²) in [5, 5.41) is 0. The van der Waals surface area contributed by atoms with Crippen molar-refractivity contribution < 1.29 is 0 Å². The molecule has 1 aliphatic heterocycles. The Bertz CT molecular complexity index is 92.7. The molecule has 1 aliphatic rings. The zero-order valence-corrected chi connectivity index (χ0v) is 6.65. The SMILES string of the molecule is C=C(C)C1SCCS1. The maximum Gasteiger partial charge on any atom is 0.0706 e. The molecule has 0 amide bonds. The van der Waals surface area contributed by atoms with Crippen LogP contribution in [0.15, 0.2) is 12.2 Å². The van der Waals surface area contributed by atoms with Crippen molar-refractivity contribution in [3.63, 3.8) is 0 Å². The summed E-state index contributed by atoms with van der Waals surface area (Å²) in [5.74, 6) is 2.62. The van der Waals surface area contributed by atoms with Gasteiger partial charge in [-0.25, -0.2) is 0 Å². The van der Waals surface area contributed by atoms with Gasteiger partial charge >= 0.3 is 0 Å². The molecule has 0 N–H and O–H groups in total. The zero-order chi connectivity index (χ0) is 5.98. The molecule has 0 unspecified atom stereocenters. The van der Waals surface area contributed by atoms with Crippen molar-refractivity contribution >= 4 is 23.5 Å². The van der Waals surface area contributed by atoms with Gasteiger partial charge in [0.25, 0.3) is 0 Å². The van der Waals surface area contributed by atoms with E-state index in [9.17, 15) is 0 Å². The van der Waals surface area contributed by atoms with E-state index in [0.717, 1.165) is 0 Å². The Morgan fingerprint density at radius 1 is 1.50 bits per heavy atom. The van der Waals surface area contributed by atoms with E-state index in [1.165, 1.54) is 17.1 Å². The highest BCUT2D eigenvalue weighted by molar-refractivity contribution is 8.20. The summed E-state index contributed by atoms with van der Waals surface area (Å²) in [4.78, 5) is 0. The Hall–Kier alpha value is 0.440. The van der Waals surface area contributed by atoms with Crippen molar-refractivity contribution in [3.05, 3.63) is 12.2 Å². The molecule has 1 heterocycles. The number of hydrogen-bond acceptors (Lipinski definition) is 2. The van der Waals surface area contributed by atoms with Gasteiger partial charge in [-0.1, -0.05) is 12.2 Å². The van der Waals surface area contributed by atoms with E-state index in [1.807, 2.05) is 23.5 Å². The molecule has 8 heavy (non-hydrogen) atoms. The number of hydrogen-bond donors (Lipinski definition) is 0. The van der Waals surface area contributed by atoms with Gasteiger partial charge in [-0.05, 0) is 6.92 Å². The van der Waals surface area contributed by atoms with E-state index in [4.69, 9.17) is 0 Å². The van der Waals surface area contributed by atoms with E-state index >= 15 is 0 Å². The number of rotatable bonds is 1. The molecule has 0 nitrogen and oxygen atoms in total. The predicted octanol–water partition coefficient (Wildman–Crippen LogP) is 2.37. The standard InChI is InChI=1S/C6H10S2/c1-5(2)6-7-3-4-8-6/h6H,1,3-4H2,2H3. The summed E-state index contributed by atoms with van der Waals surface area (Å²) >= 11 is 4.03. The van der Waals surface area contributed by atoms with Crippen LogP contribution in [-0.2, 0) is 0 Å². The highest BCUT2D eigenvalue weighted by Gasteiger charge is 2.15. The van der Waals surface area contributed by atoms with Crippen LogP contribution in [0.2, 0.25) is 0 Å². The van der Waals surface area contributed by atoms with Gasteiger partial charge in [-0.2, -0.15) is 0 Å². The highest BCUT2D eigenvalue weighted by Crippen LogP contribution is 2.35. The molecule has 0 aromatic rings. The Kier molecular flexibility index (Phi) is 2.32. The Balaban J connectivity index is 2.35. The van der Waals surface area contributed by atoms with Gasteiger partial charge in [0.15, 0.2) is 0 Å². The Morgan fingerprint density at radius 2 is 2.00 bits per heavy atom. The third-order valence-electron chi connectivity index (χ3n) is 1.02. The minimum atomic E-state index is 0.704. The molecule has 0 aliphatic carbocycles. The first-order chi connectivity index (χ1) is 3.80. The quantitative estimate of drug-likeness (QED) is 0.521.